The van der Waals surface area contributed by atoms with Gasteiger partial charge < -0.3 is 15.2 Å². The van der Waals surface area contributed by atoms with Gasteiger partial charge in [0.15, 0.2) is 5.82 Å². The maximum Gasteiger partial charge on any atom is 0.235 e. The Kier molecular flexibility index (Phi) is 7.35. The van der Waals surface area contributed by atoms with Gasteiger partial charge in [-0.15, -0.1) is 11.8 Å². The molecule has 0 fully saturated rings. The van der Waals surface area contributed by atoms with E-state index in [-0.39, 0.29) is 23.3 Å². The van der Waals surface area contributed by atoms with E-state index in [0.29, 0.717) is 18.1 Å². The van der Waals surface area contributed by atoms with Crippen LogP contribution >= 0.6 is 11.8 Å². The lowest BCUT2D eigenvalue weighted by molar-refractivity contribution is -0.118. The summed E-state index contributed by atoms with van der Waals surface area (Å²) in [5.74, 6) is 1.22. The number of nitrogens with zero attached hydrogens (tertiary/aromatic N) is 1. The van der Waals surface area contributed by atoms with Gasteiger partial charge in [-0.1, -0.05) is 35.5 Å². The molecule has 2 aromatic rings. The molecule has 1 aromatic carbocycles. The van der Waals surface area contributed by atoms with Gasteiger partial charge in [-0.25, -0.2) is 0 Å². The van der Waals surface area contributed by atoms with Crippen molar-refractivity contribution in [2.45, 2.75) is 19.8 Å². The second-order valence-corrected chi connectivity index (χ2v) is 6.29. The molecular weight excluding hydrogens is 326 g/mol. The molecule has 128 valence electrons. The fraction of sp³-hybridized carbons (Fsp3) is 0.353. The van der Waals surface area contributed by atoms with Gasteiger partial charge in [0, 0.05) is 12.6 Å². The van der Waals surface area contributed by atoms with Crippen LogP contribution in [-0.2, 0) is 16.0 Å². The lowest BCUT2D eigenvalue weighted by Crippen LogP contribution is -2.27. The first-order chi connectivity index (χ1) is 11.6. The minimum atomic E-state index is -0.204. The Labute approximate surface area is 145 Å². The predicted molar refractivity (Wildman–Crippen MR) is 95.0 cm³/mol. The van der Waals surface area contributed by atoms with Gasteiger partial charge in [0.2, 0.25) is 11.8 Å². The summed E-state index contributed by atoms with van der Waals surface area (Å²) in [6, 6.07) is 11.8. The Morgan fingerprint density at radius 1 is 1.17 bits per heavy atom. The van der Waals surface area contributed by atoms with Crippen molar-refractivity contribution in [3.63, 3.8) is 0 Å². The lowest BCUT2D eigenvalue weighted by atomic mass is 10.1. The first-order valence-electron chi connectivity index (χ1n) is 7.75. The number of anilines is 1. The molecule has 0 aliphatic heterocycles. The first-order valence-corrected chi connectivity index (χ1v) is 8.90. The monoisotopic (exact) mass is 347 g/mol. The van der Waals surface area contributed by atoms with Crippen LogP contribution in [0.2, 0.25) is 0 Å². The Bertz CT molecular complexity index is 658. The molecule has 0 saturated carbocycles. The van der Waals surface area contributed by atoms with Crippen LogP contribution in [0.15, 0.2) is 40.9 Å². The number of amides is 2. The molecule has 0 spiro atoms. The second-order valence-electron chi connectivity index (χ2n) is 5.30. The molecule has 6 nitrogen and oxygen atoms in total. The third-order valence-electron chi connectivity index (χ3n) is 3.17. The summed E-state index contributed by atoms with van der Waals surface area (Å²) < 4.78 is 4.86. The van der Waals surface area contributed by atoms with Crippen LogP contribution in [0, 0.1) is 6.92 Å². The molecule has 7 heteroatoms. The van der Waals surface area contributed by atoms with Gasteiger partial charge in [-0.05, 0) is 25.3 Å². The summed E-state index contributed by atoms with van der Waals surface area (Å²) in [5, 5.41) is 9.15. The molecule has 0 unspecified atom stereocenters. The highest BCUT2D eigenvalue weighted by Gasteiger charge is 2.08. The average Bonchev–Trinajstić information content (AvgIpc) is 2.97. The zero-order valence-corrected chi connectivity index (χ0v) is 14.4. The summed E-state index contributed by atoms with van der Waals surface area (Å²) in [6.07, 6.45) is 1.83. The minimum absolute atomic E-state index is 0.0573. The fourth-order valence-corrected chi connectivity index (χ4v) is 2.70. The van der Waals surface area contributed by atoms with Crippen molar-refractivity contribution in [1.29, 1.82) is 0 Å². The topological polar surface area (TPSA) is 84.2 Å². The molecule has 0 atom stereocenters. The van der Waals surface area contributed by atoms with E-state index in [2.05, 4.69) is 27.9 Å². The molecular formula is C17H21N3O3S. The van der Waals surface area contributed by atoms with E-state index >= 15 is 0 Å². The number of aryl methyl sites for hydroxylation is 2. The predicted octanol–water partition coefficient (Wildman–Crippen LogP) is 2.40. The zero-order chi connectivity index (χ0) is 17.2. The van der Waals surface area contributed by atoms with Crippen LogP contribution in [0.4, 0.5) is 5.82 Å². The maximum absolute atomic E-state index is 11.7. The van der Waals surface area contributed by atoms with Gasteiger partial charge in [-0.3, -0.25) is 9.59 Å². The van der Waals surface area contributed by atoms with Crippen LogP contribution in [0.1, 0.15) is 17.7 Å². The average molecular weight is 347 g/mol. The molecule has 0 saturated heterocycles. The van der Waals surface area contributed by atoms with Crippen LogP contribution in [0.5, 0.6) is 0 Å². The van der Waals surface area contributed by atoms with E-state index < -0.39 is 0 Å². The first kappa shape index (κ1) is 18.1. The van der Waals surface area contributed by atoms with E-state index in [1.165, 1.54) is 17.3 Å². The number of hydrogen-bond donors (Lipinski definition) is 2. The Morgan fingerprint density at radius 2 is 1.92 bits per heavy atom. The summed E-state index contributed by atoms with van der Waals surface area (Å²) >= 11 is 1.27. The molecule has 2 rings (SSSR count). The van der Waals surface area contributed by atoms with Crippen molar-refractivity contribution in [3.8, 4) is 0 Å². The van der Waals surface area contributed by atoms with Crippen LogP contribution in [0.25, 0.3) is 0 Å². The van der Waals surface area contributed by atoms with E-state index in [1.54, 1.807) is 13.0 Å². The van der Waals surface area contributed by atoms with Crippen molar-refractivity contribution in [1.82, 2.24) is 10.5 Å². The summed E-state index contributed by atoms with van der Waals surface area (Å²) in [5.41, 5.74) is 1.26. The van der Waals surface area contributed by atoms with E-state index in [1.807, 2.05) is 18.2 Å². The SMILES string of the molecule is Cc1cc(NC(=O)CSCC(=O)NCCCc2ccccc2)no1. The molecule has 0 bridgehead atoms. The number of hydrogen-bond acceptors (Lipinski definition) is 5. The number of nitrogens with one attached hydrogen (secondary N) is 2. The number of thioether (sulfide) groups is 1. The molecule has 1 heterocycles. The van der Waals surface area contributed by atoms with Gasteiger partial charge >= 0.3 is 0 Å². The largest absolute Gasteiger partial charge is 0.360 e. The normalized spacial score (nSPS) is 10.4. The summed E-state index contributed by atoms with van der Waals surface area (Å²) in [7, 11) is 0. The van der Waals surface area contributed by atoms with Gasteiger partial charge in [0.1, 0.15) is 5.76 Å². The molecule has 0 aliphatic carbocycles. The number of benzene rings is 1. The zero-order valence-electron chi connectivity index (χ0n) is 13.6. The fourth-order valence-electron chi connectivity index (χ4n) is 2.06. The molecule has 2 amide bonds. The number of rotatable bonds is 9. The number of carbonyl (C=O) groups excluding carboxylic acids is 2. The molecule has 2 N–H and O–H groups in total. The van der Waals surface area contributed by atoms with Crippen LogP contribution in [0.3, 0.4) is 0 Å². The second kappa shape index (κ2) is 9.77. The van der Waals surface area contributed by atoms with Gasteiger partial charge in [0.05, 0.1) is 11.5 Å². The highest BCUT2D eigenvalue weighted by molar-refractivity contribution is 8.00. The summed E-state index contributed by atoms with van der Waals surface area (Å²) in [4.78, 5) is 23.4. The molecule has 0 aliphatic rings. The molecule has 24 heavy (non-hydrogen) atoms. The third-order valence-corrected chi connectivity index (χ3v) is 4.10. The van der Waals surface area contributed by atoms with Gasteiger partial charge in [0.25, 0.3) is 0 Å². The smallest absolute Gasteiger partial charge is 0.235 e. The summed E-state index contributed by atoms with van der Waals surface area (Å²) in [6.45, 7) is 2.39. The van der Waals surface area contributed by atoms with E-state index in [4.69, 9.17) is 4.52 Å². The standard InChI is InChI=1S/C17H21N3O3S/c1-13-10-15(20-23-13)19-17(22)12-24-11-16(21)18-9-5-8-14-6-3-2-4-7-14/h2-4,6-7,10H,5,8-9,11-12H2,1H3,(H,18,21)(H,19,20,22). The molecule has 1 aromatic heterocycles. The maximum atomic E-state index is 11.7. The van der Waals surface area contributed by atoms with Crippen molar-refractivity contribution in [3.05, 3.63) is 47.7 Å². The minimum Gasteiger partial charge on any atom is -0.360 e. The lowest BCUT2D eigenvalue weighted by Gasteiger charge is -2.05. The number of aromatic nitrogens is 1. The van der Waals surface area contributed by atoms with E-state index in [0.717, 1.165) is 12.8 Å². The Hall–Kier alpha value is -2.28. The van der Waals surface area contributed by atoms with E-state index in [9.17, 15) is 9.59 Å². The van der Waals surface area contributed by atoms with Crippen molar-refractivity contribution in [2.75, 3.05) is 23.4 Å². The van der Waals surface area contributed by atoms with Crippen LogP contribution < -0.4 is 10.6 Å². The Balaban J connectivity index is 1.52. The third kappa shape index (κ3) is 6.87. The van der Waals surface area contributed by atoms with Crippen molar-refractivity contribution >= 4 is 29.4 Å². The highest BCUT2D eigenvalue weighted by Crippen LogP contribution is 2.08. The van der Waals surface area contributed by atoms with Crippen molar-refractivity contribution < 1.29 is 14.1 Å². The van der Waals surface area contributed by atoms with Crippen molar-refractivity contribution in [2.24, 2.45) is 0 Å². The Morgan fingerprint density at radius 3 is 2.62 bits per heavy atom. The quantitative estimate of drug-likeness (QED) is 0.681. The highest BCUT2D eigenvalue weighted by atomic mass is 32.2. The molecule has 0 radical (unpaired) electrons. The number of carbonyl (C=O) groups is 2. The van der Waals surface area contributed by atoms with Crippen LogP contribution in [-0.4, -0.2) is 35.0 Å². The van der Waals surface area contributed by atoms with Gasteiger partial charge in [-0.2, -0.15) is 0 Å².